The Balaban J connectivity index is 1.70. The molecule has 1 aliphatic rings. The quantitative estimate of drug-likeness (QED) is 0.745. The molecule has 1 fully saturated rings. The third kappa shape index (κ3) is 3.29. The Bertz CT molecular complexity index is 926. The summed E-state index contributed by atoms with van der Waals surface area (Å²) in [5.74, 6) is 0.365. The van der Waals surface area contributed by atoms with Gasteiger partial charge in [0.1, 0.15) is 11.3 Å². The minimum Gasteiger partial charge on any atom is -0.382 e. The monoisotopic (exact) mass is 339 g/mol. The van der Waals surface area contributed by atoms with E-state index in [2.05, 4.69) is 14.9 Å². The highest BCUT2D eigenvalue weighted by molar-refractivity contribution is 5.85. The Kier molecular flexibility index (Phi) is 4.25. The van der Waals surface area contributed by atoms with E-state index >= 15 is 0 Å². The first kappa shape index (κ1) is 15.9. The lowest BCUT2D eigenvalue weighted by atomic mass is 10.2. The molecule has 0 aliphatic carbocycles. The number of fused-ring (bicyclic) bond motifs is 1. The van der Waals surface area contributed by atoms with Crippen molar-refractivity contribution in [2.75, 3.05) is 32.0 Å². The van der Waals surface area contributed by atoms with E-state index in [4.69, 9.17) is 10.5 Å². The Hall–Kier alpha value is -2.64. The molecule has 1 saturated heterocycles. The molecule has 0 radical (unpaired) electrons. The van der Waals surface area contributed by atoms with Gasteiger partial charge >= 0.3 is 5.69 Å². The molecule has 3 heterocycles. The number of pyridine rings is 1. The number of nitrogens with zero attached hydrogens (tertiary/aromatic N) is 3. The van der Waals surface area contributed by atoms with Gasteiger partial charge in [-0.2, -0.15) is 0 Å². The van der Waals surface area contributed by atoms with Crippen molar-refractivity contribution in [3.63, 3.8) is 0 Å². The van der Waals surface area contributed by atoms with Crippen molar-refractivity contribution >= 4 is 16.9 Å². The molecular weight excluding hydrogens is 318 g/mol. The van der Waals surface area contributed by atoms with Crippen LogP contribution in [-0.2, 0) is 17.8 Å². The molecule has 2 aromatic heterocycles. The summed E-state index contributed by atoms with van der Waals surface area (Å²) < 4.78 is 7.10. The number of aromatic nitrogens is 3. The van der Waals surface area contributed by atoms with E-state index in [1.54, 1.807) is 4.57 Å². The maximum absolute atomic E-state index is 12.4. The number of benzene rings is 1. The normalized spacial score (nSPS) is 15.7. The molecule has 0 saturated carbocycles. The number of nitrogen functional groups attached to an aromatic ring is 1. The number of nitrogens with two attached hydrogens (primary N) is 1. The maximum atomic E-state index is 12.4. The van der Waals surface area contributed by atoms with E-state index in [1.165, 1.54) is 0 Å². The van der Waals surface area contributed by atoms with Gasteiger partial charge in [-0.05, 0) is 11.6 Å². The lowest BCUT2D eigenvalue weighted by Crippen LogP contribution is -2.35. The van der Waals surface area contributed by atoms with Crippen LogP contribution in [-0.4, -0.2) is 45.7 Å². The maximum Gasteiger partial charge on any atom is 0.326 e. The van der Waals surface area contributed by atoms with Crippen molar-refractivity contribution < 1.29 is 4.74 Å². The second kappa shape index (κ2) is 6.70. The van der Waals surface area contributed by atoms with Gasteiger partial charge in [-0.1, -0.05) is 30.3 Å². The van der Waals surface area contributed by atoms with Gasteiger partial charge < -0.3 is 15.5 Å². The molecule has 3 N–H and O–H groups in total. The summed E-state index contributed by atoms with van der Waals surface area (Å²) in [6.45, 7) is 4.43. The van der Waals surface area contributed by atoms with Crippen LogP contribution in [0.2, 0.25) is 0 Å². The topological polar surface area (TPSA) is 89.2 Å². The molecule has 1 aromatic carbocycles. The van der Waals surface area contributed by atoms with E-state index in [-0.39, 0.29) is 5.69 Å². The number of rotatable bonds is 4. The lowest BCUT2D eigenvalue weighted by Gasteiger charge is -2.26. The van der Waals surface area contributed by atoms with Crippen molar-refractivity contribution in [3.8, 4) is 0 Å². The second-order valence-electron chi connectivity index (χ2n) is 6.28. The zero-order valence-corrected chi connectivity index (χ0v) is 13.9. The average Bonchev–Trinajstić information content (AvgIpc) is 2.94. The Morgan fingerprint density at radius 3 is 2.68 bits per heavy atom. The summed E-state index contributed by atoms with van der Waals surface area (Å²) >= 11 is 0. The first-order chi connectivity index (χ1) is 12.2. The largest absolute Gasteiger partial charge is 0.382 e. The molecule has 0 bridgehead atoms. The number of imidazole rings is 1. The number of nitrogens with one attached hydrogen (secondary N) is 1. The van der Waals surface area contributed by atoms with Crippen LogP contribution in [0.5, 0.6) is 0 Å². The van der Waals surface area contributed by atoms with Crippen LogP contribution in [0.4, 0.5) is 5.82 Å². The molecular formula is C18H21N5O2. The van der Waals surface area contributed by atoms with E-state index in [0.29, 0.717) is 24.4 Å². The van der Waals surface area contributed by atoms with E-state index in [9.17, 15) is 4.79 Å². The van der Waals surface area contributed by atoms with Gasteiger partial charge in [0.05, 0.1) is 31.0 Å². The number of aromatic amines is 1. The van der Waals surface area contributed by atoms with Crippen LogP contribution >= 0.6 is 0 Å². The van der Waals surface area contributed by atoms with Gasteiger partial charge in [0.15, 0.2) is 0 Å². The fourth-order valence-electron chi connectivity index (χ4n) is 3.22. The number of hydrogen-bond acceptors (Lipinski definition) is 5. The van der Waals surface area contributed by atoms with Gasteiger partial charge in [0, 0.05) is 19.6 Å². The molecule has 0 spiro atoms. The molecule has 3 aromatic rings. The summed E-state index contributed by atoms with van der Waals surface area (Å²) in [5.41, 5.74) is 9.26. The molecule has 4 rings (SSSR count). The van der Waals surface area contributed by atoms with Crippen LogP contribution < -0.4 is 11.4 Å². The van der Waals surface area contributed by atoms with Crippen LogP contribution in [0, 0.1) is 0 Å². The molecule has 7 heteroatoms. The highest BCUT2D eigenvalue weighted by Gasteiger charge is 2.16. The summed E-state index contributed by atoms with van der Waals surface area (Å²) in [6.07, 6.45) is 0. The van der Waals surface area contributed by atoms with Crippen molar-refractivity contribution in [2.24, 2.45) is 0 Å². The zero-order valence-electron chi connectivity index (χ0n) is 13.9. The van der Waals surface area contributed by atoms with Crippen LogP contribution in [0.3, 0.4) is 0 Å². The number of hydrogen-bond donors (Lipinski definition) is 2. The number of H-pyrrole nitrogens is 1. The highest BCUT2D eigenvalue weighted by Crippen LogP contribution is 2.19. The molecule has 0 atom stereocenters. The van der Waals surface area contributed by atoms with Crippen LogP contribution in [0.25, 0.3) is 11.0 Å². The third-order valence-corrected chi connectivity index (χ3v) is 4.52. The van der Waals surface area contributed by atoms with Gasteiger partial charge in [-0.3, -0.25) is 9.47 Å². The predicted octanol–water partition coefficient (Wildman–Crippen LogP) is 1.19. The van der Waals surface area contributed by atoms with E-state index < -0.39 is 0 Å². The summed E-state index contributed by atoms with van der Waals surface area (Å²) in [6, 6.07) is 11.9. The summed E-state index contributed by atoms with van der Waals surface area (Å²) in [5, 5.41) is 0. The minimum atomic E-state index is -0.170. The van der Waals surface area contributed by atoms with Gasteiger partial charge in [0.2, 0.25) is 0 Å². The van der Waals surface area contributed by atoms with E-state index in [0.717, 1.165) is 43.1 Å². The second-order valence-corrected chi connectivity index (χ2v) is 6.28. The summed E-state index contributed by atoms with van der Waals surface area (Å²) in [7, 11) is 0. The molecule has 0 unspecified atom stereocenters. The average molecular weight is 339 g/mol. The molecule has 7 nitrogen and oxygen atoms in total. The van der Waals surface area contributed by atoms with Crippen LogP contribution in [0.1, 0.15) is 11.3 Å². The molecule has 130 valence electrons. The van der Waals surface area contributed by atoms with E-state index in [1.807, 2.05) is 36.4 Å². The Morgan fingerprint density at radius 1 is 1.16 bits per heavy atom. The molecule has 1 aliphatic heterocycles. The van der Waals surface area contributed by atoms with Crippen molar-refractivity contribution in [2.45, 2.75) is 13.1 Å². The lowest BCUT2D eigenvalue weighted by molar-refractivity contribution is 0.0337. The smallest absolute Gasteiger partial charge is 0.326 e. The van der Waals surface area contributed by atoms with Gasteiger partial charge in [-0.15, -0.1) is 0 Å². The fourth-order valence-corrected chi connectivity index (χ4v) is 3.22. The molecule has 25 heavy (non-hydrogen) atoms. The first-order valence-corrected chi connectivity index (χ1v) is 8.42. The number of ether oxygens (including phenoxy) is 1. The van der Waals surface area contributed by atoms with Gasteiger partial charge in [-0.25, -0.2) is 9.78 Å². The third-order valence-electron chi connectivity index (χ3n) is 4.52. The minimum absolute atomic E-state index is 0.170. The van der Waals surface area contributed by atoms with Crippen LogP contribution in [0.15, 0.2) is 41.2 Å². The van der Waals surface area contributed by atoms with Crippen molar-refractivity contribution in [3.05, 3.63) is 58.1 Å². The fraction of sp³-hybridized carbons (Fsp3) is 0.333. The number of morpholine rings is 1. The number of anilines is 1. The standard InChI is InChI=1S/C18H21N5O2/c19-17-16-15(10-14(20-17)12-22-6-8-25-9-7-22)23(18(24)21-16)11-13-4-2-1-3-5-13/h1-5,10H,6-9,11-12H2,(H2,19,20)(H,21,24). The highest BCUT2D eigenvalue weighted by atomic mass is 16.5. The van der Waals surface area contributed by atoms with Crippen molar-refractivity contribution in [1.29, 1.82) is 0 Å². The molecule has 0 amide bonds. The SMILES string of the molecule is Nc1nc(CN2CCOCC2)cc2c1[nH]c(=O)n2Cc1ccccc1. The predicted molar refractivity (Wildman–Crippen MR) is 96.4 cm³/mol. The van der Waals surface area contributed by atoms with Gasteiger partial charge in [0.25, 0.3) is 0 Å². The first-order valence-electron chi connectivity index (χ1n) is 8.42. The zero-order chi connectivity index (χ0) is 17.2. The Morgan fingerprint density at radius 2 is 1.92 bits per heavy atom. The Labute approximate surface area is 145 Å². The summed E-state index contributed by atoms with van der Waals surface area (Å²) in [4.78, 5) is 22.0. The van der Waals surface area contributed by atoms with Crippen molar-refractivity contribution in [1.82, 2.24) is 19.4 Å².